The fourth-order valence-corrected chi connectivity index (χ4v) is 2.61. The highest BCUT2D eigenvalue weighted by atomic mass is 35.5. The second-order valence-electron chi connectivity index (χ2n) is 4.87. The van der Waals surface area contributed by atoms with Crippen LogP contribution < -0.4 is 10.1 Å². The quantitative estimate of drug-likeness (QED) is 0.509. The zero-order chi connectivity index (χ0) is 15.5. The van der Waals surface area contributed by atoms with Gasteiger partial charge < -0.3 is 10.1 Å². The molecule has 1 aliphatic rings. The first-order chi connectivity index (χ1) is 10.7. The second-order valence-corrected chi connectivity index (χ2v) is 5.31. The summed E-state index contributed by atoms with van der Waals surface area (Å²) >= 11 is 6.11. The maximum atomic E-state index is 14.1. The summed E-state index contributed by atoms with van der Waals surface area (Å²) in [6.07, 6.45) is 0. The molecule has 0 bridgehead atoms. The lowest BCUT2D eigenvalue weighted by atomic mass is 10.0. The molecule has 2 aromatic rings. The van der Waals surface area contributed by atoms with E-state index in [2.05, 4.69) is 15.3 Å². The Bertz CT molecular complexity index is 761. The van der Waals surface area contributed by atoms with Gasteiger partial charge in [0.15, 0.2) is 0 Å². The van der Waals surface area contributed by atoms with Gasteiger partial charge in [-0.15, -0.1) is 0 Å². The van der Waals surface area contributed by atoms with Gasteiger partial charge in [0.2, 0.25) is 0 Å². The Labute approximate surface area is 131 Å². The molecular weight excluding hydrogens is 307 g/mol. The molecule has 1 aliphatic heterocycles. The average molecular weight is 319 g/mol. The molecule has 1 N–H and O–H groups in total. The molecule has 1 atom stereocenters. The van der Waals surface area contributed by atoms with Crippen molar-refractivity contribution in [2.24, 2.45) is 5.11 Å². The van der Waals surface area contributed by atoms with Crippen LogP contribution in [0.2, 0.25) is 5.02 Å². The first-order valence-electron chi connectivity index (χ1n) is 6.67. The topological polar surface area (TPSA) is 70.0 Å². The number of anilines is 1. The van der Waals surface area contributed by atoms with Gasteiger partial charge in [0, 0.05) is 33.7 Å². The van der Waals surface area contributed by atoms with Crippen LogP contribution >= 0.6 is 11.6 Å². The van der Waals surface area contributed by atoms with Crippen molar-refractivity contribution in [3.8, 4) is 16.9 Å². The van der Waals surface area contributed by atoms with E-state index >= 15 is 0 Å². The minimum atomic E-state index is -0.342. The van der Waals surface area contributed by atoms with E-state index in [9.17, 15) is 4.39 Å². The summed E-state index contributed by atoms with van der Waals surface area (Å²) in [5, 5.41) is 7.25. The molecule has 0 saturated heterocycles. The third-order valence-corrected chi connectivity index (χ3v) is 3.60. The molecule has 1 unspecified atom stereocenters. The number of benzene rings is 2. The zero-order valence-electron chi connectivity index (χ0n) is 11.5. The van der Waals surface area contributed by atoms with Gasteiger partial charge >= 0.3 is 0 Å². The molecule has 0 aromatic heterocycles. The predicted molar refractivity (Wildman–Crippen MR) is 83.8 cm³/mol. The van der Waals surface area contributed by atoms with Crippen LogP contribution in [-0.2, 0) is 0 Å². The average Bonchev–Trinajstić information content (AvgIpc) is 2.53. The lowest BCUT2D eigenvalue weighted by molar-refractivity contribution is 0.287. The normalized spacial score (nSPS) is 16.0. The van der Waals surface area contributed by atoms with Gasteiger partial charge in [-0.3, -0.25) is 0 Å². The molecular formula is C15H12ClFN4O. The van der Waals surface area contributed by atoms with E-state index < -0.39 is 0 Å². The highest BCUT2D eigenvalue weighted by Gasteiger charge is 2.23. The Morgan fingerprint density at radius 1 is 1.36 bits per heavy atom. The lowest BCUT2D eigenvalue weighted by Crippen LogP contribution is -2.34. The Morgan fingerprint density at radius 2 is 2.18 bits per heavy atom. The van der Waals surface area contributed by atoms with E-state index in [4.69, 9.17) is 21.9 Å². The van der Waals surface area contributed by atoms with Crippen molar-refractivity contribution in [3.05, 3.63) is 57.7 Å². The molecule has 2 aromatic carbocycles. The van der Waals surface area contributed by atoms with Crippen molar-refractivity contribution in [1.29, 1.82) is 0 Å². The third kappa shape index (κ3) is 2.79. The zero-order valence-corrected chi connectivity index (χ0v) is 12.2. The number of hydrogen-bond donors (Lipinski definition) is 1. The van der Waals surface area contributed by atoms with Crippen LogP contribution in [0.5, 0.6) is 5.75 Å². The number of ether oxygens (including phenoxy) is 1. The molecule has 0 fully saturated rings. The van der Waals surface area contributed by atoms with Crippen molar-refractivity contribution in [2.45, 2.75) is 6.04 Å². The standard InChI is InChI=1S/C15H12ClFN4O/c16-9-5-12(11-3-1-2-4-13(11)17)15-14(6-9)22-8-10(20-15)7-19-21-18/h1-6,10,20H,7-8H2. The van der Waals surface area contributed by atoms with Crippen LogP contribution in [0.25, 0.3) is 21.6 Å². The fourth-order valence-electron chi connectivity index (χ4n) is 2.41. The highest BCUT2D eigenvalue weighted by Crippen LogP contribution is 2.41. The van der Waals surface area contributed by atoms with Gasteiger partial charge in [-0.1, -0.05) is 34.9 Å². The summed E-state index contributed by atoms with van der Waals surface area (Å²) in [5.41, 5.74) is 10.1. The van der Waals surface area contributed by atoms with E-state index in [1.807, 2.05) is 0 Å². The Morgan fingerprint density at radius 3 is 2.95 bits per heavy atom. The summed E-state index contributed by atoms with van der Waals surface area (Å²) in [5.74, 6) is 0.217. The number of halogens is 2. The van der Waals surface area contributed by atoms with Crippen molar-refractivity contribution in [3.63, 3.8) is 0 Å². The molecule has 7 heteroatoms. The molecule has 0 radical (unpaired) electrons. The summed E-state index contributed by atoms with van der Waals surface area (Å²) in [4.78, 5) is 2.74. The van der Waals surface area contributed by atoms with Gasteiger partial charge in [0.1, 0.15) is 18.2 Å². The van der Waals surface area contributed by atoms with E-state index in [-0.39, 0.29) is 18.4 Å². The van der Waals surface area contributed by atoms with Crippen LogP contribution in [0, 0.1) is 5.82 Å². The van der Waals surface area contributed by atoms with Gasteiger partial charge in [0.25, 0.3) is 0 Å². The number of nitrogens with one attached hydrogen (secondary N) is 1. The van der Waals surface area contributed by atoms with E-state index in [1.54, 1.807) is 30.3 Å². The Balaban J connectivity index is 2.07. The SMILES string of the molecule is [N-]=[N+]=NCC1COc2cc(Cl)cc(-c3ccccc3F)c2N1. The predicted octanol–water partition coefficient (Wildman–Crippen LogP) is 4.63. The fraction of sp³-hybridized carbons (Fsp3) is 0.200. The summed E-state index contributed by atoms with van der Waals surface area (Å²) in [7, 11) is 0. The maximum Gasteiger partial charge on any atom is 0.144 e. The molecule has 0 aliphatic carbocycles. The molecule has 5 nitrogen and oxygen atoms in total. The highest BCUT2D eigenvalue weighted by molar-refractivity contribution is 6.31. The maximum absolute atomic E-state index is 14.1. The Kier molecular flexibility index (Phi) is 4.04. The van der Waals surface area contributed by atoms with Crippen LogP contribution in [0.4, 0.5) is 10.1 Å². The number of nitrogens with zero attached hydrogens (tertiary/aromatic N) is 3. The second kappa shape index (κ2) is 6.13. The largest absolute Gasteiger partial charge is 0.489 e. The van der Waals surface area contributed by atoms with Gasteiger partial charge in [-0.2, -0.15) is 0 Å². The summed E-state index contributed by atoms with van der Waals surface area (Å²) < 4.78 is 19.8. The third-order valence-electron chi connectivity index (χ3n) is 3.38. The summed E-state index contributed by atoms with van der Waals surface area (Å²) in [6.45, 7) is 0.596. The van der Waals surface area contributed by atoms with E-state index in [0.717, 1.165) is 0 Å². The summed E-state index contributed by atoms with van der Waals surface area (Å²) in [6, 6.07) is 9.65. The van der Waals surface area contributed by atoms with Crippen LogP contribution in [0.3, 0.4) is 0 Å². The first-order valence-corrected chi connectivity index (χ1v) is 7.05. The Hall–Kier alpha value is -2.43. The molecule has 0 spiro atoms. The molecule has 0 amide bonds. The van der Waals surface area contributed by atoms with Crippen LogP contribution in [-0.4, -0.2) is 19.2 Å². The smallest absolute Gasteiger partial charge is 0.144 e. The van der Waals surface area contributed by atoms with Crippen LogP contribution in [0.15, 0.2) is 41.5 Å². The first kappa shape index (κ1) is 14.5. The number of hydrogen-bond acceptors (Lipinski definition) is 3. The molecule has 3 rings (SSSR count). The van der Waals surface area contributed by atoms with Crippen molar-refractivity contribution >= 4 is 17.3 Å². The minimum absolute atomic E-state index is 0.171. The van der Waals surface area contributed by atoms with Crippen molar-refractivity contribution < 1.29 is 9.13 Å². The molecule has 1 heterocycles. The number of fused-ring (bicyclic) bond motifs is 1. The number of azide groups is 1. The minimum Gasteiger partial charge on any atom is -0.489 e. The van der Waals surface area contributed by atoms with Gasteiger partial charge in [-0.25, -0.2) is 4.39 Å². The van der Waals surface area contributed by atoms with Gasteiger partial charge in [0.05, 0.1) is 11.7 Å². The molecule has 0 saturated carbocycles. The molecule has 22 heavy (non-hydrogen) atoms. The van der Waals surface area contributed by atoms with Crippen molar-refractivity contribution in [2.75, 3.05) is 18.5 Å². The van der Waals surface area contributed by atoms with E-state index in [1.165, 1.54) is 6.07 Å². The lowest BCUT2D eigenvalue weighted by Gasteiger charge is -2.28. The molecule has 112 valence electrons. The van der Waals surface area contributed by atoms with E-state index in [0.29, 0.717) is 34.2 Å². The number of rotatable bonds is 3. The van der Waals surface area contributed by atoms with Crippen molar-refractivity contribution in [1.82, 2.24) is 0 Å². The van der Waals surface area contributed by atoms with Gasteiger partial charge in [-0.05, 0) is 17.7 Å². The monoisotopic (exact) mass is 318 g/mol. The van der Waals surface area contributed by atoms with Crippen LogP contribution in [0.1, 0.15) is 0 Å².